The van der Waals surface area contributed by atoms with E-state index in [4.69, 9.17) is 0 Å². The molecule has 2 rings (SSSR count). The molecule has 0 aliphatic carbocycles. The predicted octanol–water partition coefficient (Wildman–Crippen LogP) is 0.249. The van der Waals surface area contributed by atoms with Gasteiger partial charge >= 0.3 is 0 Å². The number of piperazine rings is 1. The number of amides is 1. The third-order valence-electron chi connectivity index (χ3n) is 3.62. The molecule has 0 aromatic carbocycles. The lowest BCUT2D eigenvalue weighted by molar-refractivity contribution is -0.139. The summed E-state index contributed by atoms with van der Waals surface area (Å²) in [5.74, 6) is 0.251. The van der Waals surface area contributed by atoms with E-state index < -0.39 is 0 Å². The lowest BCUT2D eigenvalue weighted by Crippen LogP contribution is -2.60. The SMILES string of the molecule is CC1CN(C2CCCCN2)CC(=O)N1C. The molecule has 0 spiro atoms. The van der Waals surface area contributed by atoms with E-state index in [2.05, 4.69) is 17.1 Å². The van der Waals surface area contributed by atoms with Crippen molar-refractivity contribution in [1.82, 2.24) is 15.1 Å². The minimum atomic E-state index is 0.251. The Labute approximate surface area is 91.6 Å². The summed E-state index contributed by atoms with van der Waals surface area (Å²) in [6.07, 6.45) is 4.17. The van der Waals surface area contributed by atoms with Crippen LogP contribution >= 0.6 is 0 Å². The van der Waals surface area contributed by atoms with Gasteiger partial charge in [0.15, 0.2) is 0 Å². The molecule has 4 heteroatoms. The molecule has 2 atom stereocenters. The first kappa shape index (κ1) is 10.9. The highest BCUT2D eigenvalue weighted by Crippen LogP contribution is 2.16. The maximum atomic E-state index is 11.7. The number of nitrogens with zero attached hydrogens (tertiary/aromatic N) is 2. The van der Waals surface area contributed by atoms with Crippen molar-refractivity contribution in [2.24, 2.45) is 0 Å². The van der Waals surface area contributed by atoms with Gasteiger partial charge < -0.3 is 10.2 Å². The second-order valence-corrected chi connectivity index (χ2v) is 4.75. The summed E-state index contributed by atoms with van der Waals surface area (Å²) in [4.78, 5) is 15.9. The van der Waals surface area contributed by atoms with E-state index >= 15 is 0 Å². The van der Waals surface area contributed by atoms with E-state index in [9.17, 15) is 4.79 Å². The van der Waals surface area contributed by atoms with Gasteiger partial charge in [-0.25, -0.2) is 0 Å². The van der Waals surface area contributed by atoms with E-state index in [1.807, 2.05) is 11.9 Å². The monoisotopic (exact) mass is 211 g/mol. The second kappa shape index (κ2) is 4.49. The molecule has 2 saturated heterocycles. The smallest absolute Gasteiger partial charge is 0.236 e. The van der Waals surface area contributed by atoms with Crippen molar-refractivity contribution in [3.8, 4) is 0 Å². The van der Waals surface area contributed by atoms with Gasteiger partial charge in [-0.15, -0.1) is 0 Å². The molecule has 15 heavy (non-hydrogen) atoms. The molecule has 0 saturated carbocycles. The Morgan fingerprint density at radius 3 is 2.80 bits per heavy atom. The molecule has 4 nitrogen and oxygen atoms in total. The molecule has 2 unspecified atom stereocenters. The molecule has 2 aliphatic heterocycles. The first-order valence-electron chi connectivity index (χ1n) is 5.91. The quantitative estimate of drug-likeness (QED) is 0.675. The number of nitrogens with one attached hydrogen (secondary N) is 1. The summed E-state index contributed by atoms with van der Waals surface area (Å²) in [5, 5.41) is 3.50. The summed E-state index contributed by atoms with van der Waals surface area (Å²) >= 11 is 0. The van der Waals surface area contributed by atoms with E-state index in [1.54, 1.807) is 0 Å². The van der Waals surface area contributed by atoms with E-state index in [0.717, 1.165) is 13.1 Å². The van der Waals surface area contributed by atoms with Gasteiger partial charge in [-0.2, -0.15) is 0 Å². The average Bonchev–Trinajstić information content (AvgIpc) is 2.26. The van der Waals surface area contributed by atoms with Crippen molar-refractivity contribution in [2.45, 2.75) is 38.4 Å². The molecule has 1 N–H and O–H groups in total. The van der Waals surface area contributed by atoms with Gasteiger partial charge in [-0.05, 0) is 32.7 Å². The molecule has 86 valence electrons. The summed E-state index contributed by atoms with van der Waals surface area (Å²) in [5.41, 5.74) is 0. The first-order valence-corrected chi connectivity index (χ1v) is 5.91. The Morgan fingerprint density at radius 1 is 1.40 bits per heavy atom. The van der Waals surface area contributed by atoms with E-state index in [1.165, 1.54) is 19.3 Å². The fourth-order valence-electron chi connectivity index (χ4n) is 2.44. The molecule has 0 aromatic heterocycles. The molecule has 0 aromatic rings. The van der Waals surface area contributed by atoms with Crippen LogP contribution in [0.5, 0.6) is 0 Å². The van der Waals surface area contributed by atoms with Gasteiger partial charge in [-0.3, -0.25) is 9.69 Å². The zero-order valence-electron chi connectivity index (χ0n) is 9.70. The Balaban J connectivity index is 1.95. The minimum Gasteiger partial charge on any atom is -0.341 e. The lowest BCUT2D eigenvalue weighted by atomic mass is 10.1. The molecule has 2 fully saturated rings. The maximum absolute atomic E-state index is 11.7. The van der Waals surface area contributed by atoms with Crippen LogP contribution in [0.25, 0.3) is 0 Å². The standard InChI is InChI=1S/C11H21N3O/c1-9-7-14(8-11(15)13(9)2)10-5-3-4-6-12-10/h9-10,12H,3-8H2,1-2H3. The van der Waals surface area contributed by atoms with Crippen LogP contribution in [-0.4, -0.2) is 54.6 Å². The Morgan fingerprint density at radius 2 is 2.20 bits per heavy atom. The van der Waals surface area contributed by atoms with Crippen molar-refractivity contribution in [3.63, 3.8) is 0 Å². The van der Waals surface area contributed by atoms with Crippen molar-refractivity contribution < 1.29 is 4.79 Å². The van der Waals surface area contributed by atoms with Gasteiger partial charge in [0.05, 0.1) is 12.7 Å². The van der Waals surface area contributed by atoms with Crippen LogP contribution < -0.4 is 5.32 Å². The third kappa shape index (κ3) is 2.32. The molecule has 2 heterocycles. The zero-order valence-corrected chi connectivity index (χ0v) is 9.70. The number of hydrogen-bond donors (Lipinski definition) is 1. The fraction of sp³-hybridized carbons (Fsp3) is 0.909. The van der Waals surface area contributed by atoms with E-state index in [0.29, 0.717) is 18.8 Å². The maximum Gasteiger partial charge on any atom is 0.236 e. The molecule has 2 aliphatic rings. The predicted molar refractivity (Wildman–Crippen MR) is 59.4 cm³/mol. The highest BCUT2D eigenvalue weighted by molar-refractivity contribution is 5.79. The van der Waals surface area contributed by atoms with Gasteiger partial charge in [0.25, 0.3) is 0 Å². The van der Waals surface area contributed by atoms with Gasteiger partial charge in [0, 0.05) is 19.6 Å². The minimum absolute atomic E-state index is 0.251. The van der Waals surface area contributed by atoms with Crippen molar-refractivity contribution in [1.29, 1.82) is 0 Å². The average molecular weight is 211 g/mol. The van der Waals surface area contributed by atoms with Crippen LogP contribution in [0.3, 0.4) is 0 Å². The summed E-state index contributed by atoms with van der Waals surface area (Å²) in [6.45, 7) is 4.80. The molecular weight excluding hydrogens is 190 g/mol. The molecular formula is C11H21N3O. The van der Waals surface area contributed by atoms with Crippen LogP contribution in [0.2, 0.25) is 0 Å². The number of piperidine rings is 1. The van der Waals surface area contributed by atoms with Crippen molar-refractivity contribution in [2.75, 3.05) is 26.7 Å². The Hall–Kier alpha value is -0.610. The fourth-order valence-corrected chi connectivity index (χ4v) is 2.44. The van der Waals surface area contributed by atoms with Crippen LogP contribution in [0, 0.1) is 0 Å². The van der Waals surface area contributed by atoms with Crippen LogP contribution in [0.15, 0.2) is 0 Å². The zero-order chi connectivity index (χ0) is 10.8. The van der Waals surface area contributed by atoms with Crippen molar-refractivity contribution in [3.05, 3.63) is 0 Å². The van der Waals surface area contributed by atoms with Crippen LogP contribution in [0.1, 0.15) is 26.2 Å². The lowest BCUT2D eigenvalue weighted by Gasteiger charge is -2.42. The molecule has 1 amide bonds. The second-order valence-electron chi connectivity index (χ2n) is 4.75. The highest BCUT2D eigenvalue weighted by Gasteiger charge is 2.31. The Bertz CT molecular complexity index is 238. The number of carbonyl (C=O) groups is 1. The van der Waals surface area contributed by atoms with Crippen molar-refractivity contribution >= 4 is 5.91 Å². The third-order valence-corrected chi connectivity index (χ3v) is 3.62. The number of hydrogen-bond acceptors (Lipinski definition) is 3. The first-order chi connectivity index (χ1) is 7.18. The highest BCUT2D eigenvalue weighted by atomic mass is 16.2. The van der Waals surface area contributed by atoms with Gasteiger partial charge in [0.1, 0.15) is 0 Å². The van der Waals surface area contributed by atoms with Crippen LogP contribution in [0.4, 0.5) is 0 Å². The largest absolute Gasteiger partial charge is 0.341 e. The topological polar surface area (TPSA) is 35.6 Å². The summed E-state index contributed by atoms with van der Waals surface area (Å²) in [7, 11) is 1.90. The van der Waals surface area contributed by atoms with Crippen LogP contribution in [-0.2, 0) is 4.79 Å². The Kier molecular flexibility index (Phi) is 3.26. The number of carbonyl (C=O) groups excluding carboxylic acids is 1. The van der Waals surface area contributed by atoms with E-state index in [-0.39, 0.29) is 5.91 Å². The molecule has 0 bridgehead atoms. The number of rotatable bonds is 1. The normalized spacial score (nSPS) is 34.5. The number of likely N-dealkylation sites (N-methyl/N-ethyl adjacent to an activating group) is 1. The summed E-state index contributed by atoms with van der Waals surface area (Å²) < 4.78 is 0. The summed E-state index contributed by atoms with van der Waals surface area (Å²) in [6, 6.07) is 0.343. The van der Waals surface area contributed by atoms with Gasteiger partial charge in [-0.1, -0.05) is 0 Å². The molecule has 0 radical (unpaired) electrons. The van der Waals surface area contributed by atoms with Gasteiger partial charge in [0.2, 0.25) is 5.91 Å².